The molecule has 1 aromatic rings. The summed E-state index contributed by atoms with van der Waals surface area (Å²) in [6.45, 7) is 4.80. The Morgan fingerprint density at radius 2 is 2.30 bits per heavy atom. The van der Waals surface area contributed by atoms with E-state index < -0.39 is 11.9 Å². The summed E-state index contributed by atoms with van der Waals surface area (Å²) in [4.78, 5) is 14.1. The molecule has 0 aliphatic carbocycles. The molecule has 7 heteroatoms. The number of aliphatic hydroxyl groups is 1. The molecule has 128 valence electrons. The van der Waals surface area contributed by atoms with E-state index in [1.807, 2.05) is 0 Å². The standard InChI is InChI=1S/C16H22ClFN2O3/c1-10(21)7-13-9-23-6-5-20(13)16(22)19-11(2)12-3-4-14(17)15(18)8-12/h3-4,8,10-11,13,21H,5-7,9H2,1-2H3,(H,19,22)/t10-,11-,13+/m0/s1. The van der Waals surface area contributed by atoms with E-state index in [0.717, 1.165) is 0 Å². The predicted molar refractivity (Wildman–Crippen MR) is 86.0 cm³/mol. The Kier molecular flexibility index (Phi) is 6.21. The van der Waals surface area contributed by atoms with Gasteiger partial charge >= 0.3 is 6.03 Å². The number of nitrogens with zero attached hydrogens (tertiary/aromatic N) is 1. The monoisotopic (exact) mass is 344 g/mol. The minimum atomic E-state index is -0.514. The molecule has 1 aliphatic heterocycles. The number of carbonyl (C=O) groups excluding carboxylic acids is 1. The van der Waals surface area contributed by atoms with Crippen LogP contribution in [-0.2, 0) is 4.74 Å². The van der Waals surface area contributed by atoms with Crippen molar-refractivity contribution in [2.45, 2.75) is 38.5 Å². The lowest BCUT2D eigenvalue weighted by atomic mass is 10.1. The molecule has 5 nitrogen and oxygen atoms in total. The van der Waals surface area contributed by atoms with Crippen molar-refractivity contribution in [3.05, 3.63) is 34.6 Å². The van der Waals surface area contributed by atoms with Crippen LogP contribution in [0.4, 0.5) is 9.18 Å². The number of morpholine rings is 1. The van der Waals surface area contributed by atoms with Crippen molar-refractivity contribution >= 4 is 17.6 Å². The van der Waals surface area contributed by atoms with Crippen LogP contribution >= 0.6 is 11.6 Å². The topological polar surface area (TPSA) is 61.8 Å². The Hall–Kier alpha value is -1.37. The molecule has 3 atom stereocenters. The highest BCUT2D eigenvalue weighted by Gasteiger charge is 2.29. The Morgan fingerprint density at radius 3 is 2.96 bits per heavy atom. The molecule has 2 amide bonds. The van der Waals surface area contributed by atoms with Gasteiger partial charge in [-0.05, 0) is 38.0 Å². The first-order valence-electron chi connectivity index (χ1n) is 7.66. The first-order valence-corrected chi connectivity index (χ1v) is 8.04. The Bertz CT molecular complexity index is 556. The van der Waals surface area contributed by atoms with Crippen LogP contribution in [0.5, 0.6) is 0 Å². The summed E-state index contributed by atoms with van der Waals surface area (Å²) in [5.41, 5.74) is 0.639. The van der Waals surface area contributed by atoms with Crippen LogP contribution in [0.25, 0.3) is 0 Å². The fourth-order valence-electron chi connectivity index (χ4n) is 2.64. The number of nitrogens with one attached hydrogen (secondary N) is 1. The average Bonchev–Trinajstić information content (AvgIpc) is 2.49. The smallest absolute Gasteiger partial charge is 0.318 e. The van der Waals surface area contributed by atoms with E-state index in [2.05, 4.69) is 5.32 Å². The van der Waals surface area contributed by atoms with Gasteiger partial charge in [-0.2, -0.15) is 0 Å². The van der Waals surface area contributed by atoms with Gasteiger partial charge in [0.1, 0.15) is 5.82 Å². The number of hydrogen-bond acceptors (Lipinski definition) is 3. The molecule has 1 saturated heterocycles. The molecule has 0 radical (unpaired) electrons. The molecular formula is C16H22ClFN2O3. The number of carbonyl (C=O) groups is 1. The fourth-order valence-corrected chi connectivity index (χ4v) is 2.76. The van der Waals surface area contributed by atoms with Crippen molar-refractivity contribution in [2.75, 3.05) is 19.8 Å². The van der Waals surface area contributed by atoms with Crippen LogP contribution in [0.1, 0.15) is 31.9 Å². The van der Waals surface area contributed by atoms with Crippen molar-refractivity contribution in [2.24, 2.45) is 0 Å². The molecule has 1 aliphatic rings. The number of hydrogen-bond donors (Lipinski definition) is 2. The molecule has 1 aromatic carbocycles. The highest BCUT2D eigenvalue weighted by molar-refractivity contribution is 6.30. The summed E-state index contributed by atoms with van der Waals surface area (Å²) in [6.07, 6.45) is -0.0584. The van der Waals surface area contributed by atoms with Gasteiger partial charge in [-0.1, -0.05) is 17.7 Å². The van der Waals surface area contributed by atoms with E-state index >= 15 is 0 Å². The van der Waals surface area contributed by atoms with Crippen LogP contribution in [0.15, 0.2) is 18.2 Å². The largest absolute Gasteiger partial charge is 0.393 e. The molecule has 0 aromatic heterocycles. The summed E-state index contributed by atoms with van der Waals surface area (Å²) in [6, 6.07) is 3.70. The molecule has 0 spiro atoms. The molecule has 0 bridgehead atoms. The molecule has 23 heavy (non-hydrogen) atoms. The zero-order valence-electron chi connectivity index (χ0n) is 13.3. The van der Waals surface area contributed by atoms with Crippen LogP contribution < -0.4 is 5.32 Å². The van der Waals surface area contributed by atoms with E-state index in [-0.39, 0.29) is 23.1 Å². The highest BCUT2D eigenvalue weighted by Crippen LogP contribution is 2.21. The van der Waals surface area contributed by atoms with Gasteiger partial charge in [-0.25, -0.2) is 9.18 Å². The quantitative estimate of drug-likeness (QED) is 0.882. The van der Waals surface area contributed by atoms with Gasteiger partial charge in [0, 0.05) is 6.54 Å². The first kappa shape index (κ1) is 18.0. The molecule has 0 unspecified atom stereocenters. The lowest BCUT2D eigenvalue weighted by Gasteiger charge is -2.37. The third kappa shape index (κ3) is 4.80. The van der Waals surface area contributed by atoms with E-state index in [1.165, 1.54) is 12.1 Å². The van der Waals surface area contributed by atoms with Crippen molar-refractivity contribution in [1.82, 2.24) is 10.2 Å². The zero-order chi connectivity index (χ0) is 17.0. The second-order valence-electron chi connectivity index (χ2n) is 5.85. The van der Waals surface area contributed by atoms with Gasteiger partial charge in [0.15, 0.2) is 0 Å². The van der Waals surface area contributed by atoms with E-state index in [4.69, 9.17) is 16.3 Å². The van der Waals surface area contributed by atoms with Crippen molar-refractivity contribution < 1.29 is 19.0 Å². The summed E-state index contributed by atoms with van der Waals surface area (Å²) in [5.74, 6) is -0.511. The number of aliphatic hydroxyl groups excluding tert-OH is 1. The first-order chi connectivity index (χ1) is 10.9. The maximum absolute atomic E-state index is 13.5. The molecule has 1 heterocycles. The SMILES string of the molecule is C[C@H](O)C[C@@H]1COCCN1C(=O)N[C@@H](C)c1ccc(Cl)c(F)c1. The molecule has 2 N–H and O–H groups in total. The summed E-state index contributed by atoms with van der Waals surface area (Å²) in [5, 5.41) is 12.5. The minimum Gasteiger partial charge on any atom is -0.393 e. The van der Waals surface area contributed by atoms with Gasteiger partial charge in [0.25, 0.3) is 0 Å². The number of benzene rings is 1. The van der Waals surface area contributed by atoms with E-state index in [1.54, 1.807) is 24.8 Å². The van der Waals surface area contributed by atoms with E-state index in [9.17, 15) is 14.3 Å². The maximum atomic E-state index is 13.5. The summed E-state index contributed by atoms with van der Waals surface area (Å²) in [7, 11) is 0. The number of urea groups is 1. The average molecular weight is 345 g/mol. The van der Waals surface area contributed by atoms with Gasteiger partial charge in [0.2, 0.25) is 0 Å². The van der Waals surface area contributed by atoms with Crippen LogP contribution in [0.3, 0.4) is 0 Å². The molecular weight excluding hydrogens is 323 g/mol. The lowest BCUT2D eigenvalue weighted by molar-refractivity contribution is -0.00474. The normalized spacial score (nSPS) is 20.9. The Labute approximate surface area is 140 Å². The Balaban J connectivity index is 2.02. The van der Waals surface area contributed by atoms with Crippen LogP contribution in [0.2, 0.25) is 5.02 Å². The third-order valence-electron chi connectivity index (χ3n) is 3.89. The third-order valence-corrected chi connectivity index (χ3v) is 4.19. The van der Waals surface area contributed by atoms with Gasteiger partial charge < -0.3 is 20.1 Å². The van der Waals surface area contributed by atoms with Crippen LogP contribution in [-0.4, -0.2) is 47.9 Å². The zero-order valence-corrected chi connectivity index (χ0v) is 14.0. The lowest BCUT2D eigenvalue weighted by Crippen LogP contribution is -2.53. The van der Waals surface area contributed by atoms with E-state index in [0.29, 0.717) is 31.7 Å². The second-order valence-corrected chi connectivity index (χ2v) is 6.26. The van der Waals surface area contributed by atoms with Gasteiger partial charge in [-0.3, -0.25) is 0 Å². The van der Waals surface area contributed by atoms with Crippen molar-refractivity contribution in [3.8, 4) is 0 Å². The number of halogens is 2. The second kappa shape index (κ2) is 7.95. The predicted octanol–water partition coefficient (Wildman–Crippen LogP) is 2.72. The maximum Gasteiger partial charge on any atom is 0.318 e. The fraction of sp³-hybridized carbons (Fsp3) is 0.562. The number of ether oxygens (including phenoxy) is 1. The summed E-state index contributed by atoms with van der Waals surface area (Å²) >= 11 is 5.67. The molecule has 1 fully saturated rings. The van der Waals surface area contributed by atoms with Gasteiger partial charge in [-0.15, -0.1) is 0 Å². The summed E-state index contributed by atoms with van der Waals surface area (Å²) < 4.78 is 18.9. The Morgan fingerprint density at radius 1 is 1.57 bits per heavy atom. The number of amides is 2. The minimum absolute atomic E-state index is 0.0532. The highest BCUT2D eigenvalue weighted by atomic mass is 35.5. The van der Waals surface area contributed by atoms with Crippen LogP contribution in [0, 0.1) is 5.82 Å². The van der Waals surface area contributed by atoms with Crippen molar-refractivity contribution in [3.63, 3.8) is 0 Å². The molecule has 0 saturated carbocycles. The van der Waals surface area contributed by atoms with Crippen molar-refractivity contribution in [1.29, 1.82) is 0 Å². The molecule has 2 rings (SSSR count). The number of rotatable bonds is 4. The van der Waals surface area contributed by atoms with Gasteiger partial charge in [0.05, 0.1) is 36.4 Å².